The van der Waals surface area contributed by atoms with Crippen molar-refractivity contribution < 1.29 is 4.79 Å². The Hall–Kier alpha value is -1.65. The third kappa shape index (κ3) is 2.14. The number of aromatic amines is 1. The largest absolute Gasteiger partial charge is 0.369 e. The first-order chi connectivity index (χ1) is 6.15. The van der Waals surface area contributed by atoms with E-state index in [4.69, 9.17) is 5.73 Å². The van der Waals surface area contributed by atoms with Crippen LogP contribution in [0.4, 0.5) is 0 Å². The summed E-state index contributed by atoms with van der Waals surface area (Å²) < 4.78 is 0. The van der Waals surface area contributed by atoms with Crippen molar-refractivity contribution in [2.45, 2.75) is 19.3 Å². The molecule has 5 heteroatoms. The first kappa shape index (κ1) is 9.44. The van der Waals surface area contributed by atoms with Gasteiger partial charge in [0, 0.05) is 11.9 Å². The predicted octanol–water partition coefficient (Wildman–Crippen LogP) is -0.251. The van der Waals surface area contributed by atoms with Gasteiger partial charge in [0.05, 0.1) is 12.1 Å². The van der Waals surface area contributed by atoms with Gasteiger partial charge in [0.1, 0.15) is 0 Å². The molecule has 1 aromatic heterocycles. The summed E-state index contributed by atoms with van der Waals surface area (Å²) in [5.74, 6) is -0.910. The van der Waals surface area contributed by atoms with Gasteiger partial charge in [-0.25, -0.2) is 0 Å². The van der Waals surface area contributed by atoms with Crippen molar-refractivity contribution in [2.24, 2.45) is 5.73 Å². The van der Waals surface area contributed by atoms with Crippen molar-refractivity contribution >= 4 is 5.91 Å². The number of nitrogens with one attached hydrogen (secondary N) is 1. The highest BCUT2D eigenvalue weighted by Gasteiger charge is 2.16. The zero-order valence-electron chi connectivity index (χ0n) is 7.28. The normalized spacial score (nSPS) is 12.4. The number of carbonyl (C=O) groups is 1. The van der Waals surface area contributed by atoms with Crippen LogP contribution in [0.1, 0.15) is 25.0 Å². The van der Waals surface area contributed by atoms with E-state index in [1.54, 1.807) is 0 Å². The maximum absolute atomic E-state index is 10.9. The van der Waals surface area contributed by atoms with Gasteiger partial charge in [-0.3, -0.25) is 14.6 Å². The lowest BCUT2D eigenvalue weighted by atomic mass is 10.0. The Morgan fingerprint density at radius 2 is 2.38 bits per heavy atom. The molecule has 3 N–H and O–H groups in total. The van der Waals surface area contributed by atoms with Crippen LogP contribution in [0, 0.1) is 0 Å². The smallest absolute Gasteiger partial charge is 0.266 e. The number of amides is 1. The SMILES string of the molecule is CCC(C(N)=O)c1cncc(=O)[nH]1. The van der Waals surface area contributed by atoms with Gasteiger partial charge in [-0.1, -0.05) is 6.92 Å². The number of hydrogen-bond donors (Lipinski definition) is 2. The molecule has 0 aliphatic heterocycles. The highest BCUT2D eigenvalue weighted by Crippen LogP contribution is 2.13. The Bertz CT molecular complexity index is 358. The molecule has 0 bridgehead atoms. The molecule has 0 aliphatic rings. The summed E-state index contributed by atoms with van der Waals surface area (Å²) in [4.78, 5) is 28.0. The summed E-state index contributed by atoms with van der Waals surface area (Å²) >= 11 is 0. The summed E-state index contributed by atoms with van der Waals surface area (Å²) in [5, 5.41) is 0. The molecular weight excluding hydrogens is 170 g/mol. The summed E-state index contributed by atoms with van der Waals surface area (Å²) in [6.07, 6.45) is 3.15. The van der Waals surface area contributed by atoms with Crippen LogP contribution in [0.3, 0.4) is 0 Å². The topological polar surface area (TPSA) is 88.8 Å². The zero-order chi connectivity index (χ0) is 9.84. The molecule has 1 atom stereocenters. The second kappa shape index (κ2) is 3.84. The molecule has 0 radical (unpaired) electrons. The van der Waals surface area contributed by atoms with E-state index in [-0.39, 0.29) is 5.56 Å². The first-order valence-corrected chi connectivity index (χ1v) is 3.98. The number of nitrogens with zero attached hydrogens (tertiary/aromatic N) is 1. The fourth-order valence-electron chi connectivity index (χ4n) is 1.14. The van der Waals surface area contributed by atoms with Crippen LogP contribution in [0.5, 0.6) is 0 Å². The highest BCUT2D eigenvalue weighted by molar-refractivity contribution is 5.81. The molecule has 0 saturated carbocycles. The van der Waals surface area contributed by atoms with E-state index >= 15 is 0 Å². The fraction of sp³-hybridized carbons (Fsp3) is 0.375. The molecule has 1 rings (SSSR count). The second-order valence-corrected chi connectivity index (χ2v) is 2.72. The van der Waals surface area contributed by atoms with Crippen LogP contribution in [0.2, 0.25) is 0 Å². The molecule has 5 nitrogen and oxygen atoms in total. The molecule has 1 unspecified atom stereocenters. The summed E-state index contributed by atoms with van der Waals surface area (Å²) in [5.41, 5.74) is 5.29. The Balaban J connectivity index is 3.05. The second-order valence-electron chi connectivity index (χ2n) is 2.72. The van der Waals surface area contributed by atoms with Crippen LogP contribution in [0.25, 0.3) is 0 Å². The van der Waals surface area contributed by atoms with E-state index in [0.717, 1.165) is 6.20 Å². The van der Waals surface area contributed by atoms with Gasteiger partial charge in [0.25, 0.3) is 5.56 Å². The van der Waals surface area contributed by atoms with Crippen LogP contribution >= 0.6 is 0 Å². The monoisotopic (exact) mass is 181 g/mol. The lowest BCUT2D eigenvalue weighted by molar-refractivity contribution is -0.119. The average Bonchev–Trinajstić information content (AvgIpc) is 2.04. The van der Waals surface area contributed by atoms with Gasteiger partial charge in [-0.15, -0.1) is 0 Å². The first-order valence-electron chi connectivity index (χ1n) is 3.98. The van der Waals surface area contributed by atoms with Gasteiger partial charge in [-0.05, 0) is 6.42 Å². The van der Waals surface area contributed by atoms with Crippen molar-refractivity contribution in [1.29, 1.82) is 0 Å². The van der Waals surface area contributed by atoms with Crippen molar-refractivity contribution in [3.8, 4) is 0 Å². The van der Waals surface area contributed by atoms with Crippen molar-refractivity contribution in [2.75, 3.05) is 0 Å². The van der Waals surface area contributed by atoms with Gasteiger partial charge in [0.15, 0.2) is 0 Å². The van der Waals surface area contributed by atoms with E-state index < -0.39 is 11.8 Å². The Morgan fingerprint density at radius 3 is 2.85 bits per heavy atom. The number of H-pyrrole nitrogens is 1. The molecule has 1 amide bonds. The lowest BCUT2D eigenvalue weighted by Gasteiger charge is -2.08. The van der Waals surface area contributed by atoms with Crippen molar-refractivity contribution in [3.05, 3.63) is 28.4 Å². The average molecular weight is 181 g/mol. The Labute approximate surface area is 75.0 Å². The van der Waals surface area contributed by atoms with E-state index in [9.17, 15) is 9.59 Å². The van der Waals surface area contributed by atoms with Crippen LogP contribution in [-0.4, -0.2) is 15.9 Å². The van der Waals surface area contributed by atoms with E-state index in [2.05, 4.69) is 9.97 Å². The van der Waals surface area contributed by atoms with E-state index in [1.807, 2.05) is 6.92 Å². The van der Waals surface area contributed by atoms with Gasteiger partial charge in [0.2, 0.25) is 5.91 Å². The Kier molecular flexibility index (Phi) is 2.79. The van der Waals surface area contributed by atoms with Gasteiger partial charge >= 0.3 is 0 Å². The molecule has 70 valence electrons. The third-order valence-corrected chi connectivity index (χ3v) is 1.80. The maximum atomic E-state index is 10.9. The molecule has 0 saturated heterocycles. The maximum Gasteiger partial charge on any atom is 0.266 e. The third-order valence-electron chi connectivity index (χ3n) is 1.80. The van der Waals surface area contributed by atoms with Crippen molar-refractivity contribution in [3.63, 3.8) is 0 Å². The number of nitrogens with two attached hydrogens (primary N) is 1. The standard InChI is InChI=1S/C8H11N3O2/c1-2-5(8(9)13)6-3-10-4-7(12)11-6/h3-5H,2H2,1H3,(H2,9,13)(H,11,12). The minimum Gasteiger partial charge on any atom is -0.369 e. The summed E-state index contributed by atoms with van der Waals surface area (Å²) in [6, 6.07) is 0. The molecule has 13 heavy (non-hydrogen) atoms. The molecule has 0 fully saturated rings. The summed E-state index contributed by atoms with van der Waals surface area (Å²) in [7, 11) is 0. The van der Waals surface area contributed by atoms with Gasteiger partial charge in [-0.2, -0.15) is 0 Å². The van der Waals surface area contributed by atoms with E-state index in [1.165, 1.54) is 6.20 Å². The summed E-state index contributed by atoms with van der Waals surface area (Å²) in [6.45, 7) is 1.82. The minimum atomic E-state index is -0.457. The predicted molar refractivity (Wildman–Crippen MR) is 47.1 cm³/mol. The number of rotatable bonds is 3. The highest BCUT2D eigenvalue weighted by atomic mass is 16.1. The molecule has 0 aliphatic carbocycles. The molecular formula is C8H11N3O2. The van der Waals surface area contributed by atoms with Crippen LogP contribution in [0.15, 0.2) is 17.2 Å². The van der Waals surface area contributed by atoms with Gasteiger partial charge < -0.3 is 10.7 Å². The number of hydrogen-bond acceptors (Lipinski definition) is 3. The zero-order valence-corrected chi connectivity index (χ0v) is 7.28. The minimum absolute atomic E-state index is 0.322. The molecule has 1 heterocycles. The van der Waals surface area contributed by atoms with E-state index in [0.29, 0.717) is 12.1 Å². The van der Waals surface area contributed by atoms with Crippen molar-refractivity contribution in [1.82, 2.24) is 9.97 Å². The number of carbonyl (C=O) groups excluding carboxylic acids is 1. The number of primary amides is 1. The number of aromatic nitrogens is 2. The molecule has 0 aromatic carbocycles. The lowest BCUT2D eigenvalue weighted by Crippen LogP contribution is -2.23. The van der Waals surface area contributed by atoms with Crippen LogP contribution in [-0.2, 0) is 4.79 Å². The molecule has 0 spiro atoms. The molecule has 1 aromatic rings. The van der Waals surface area contributed by atoms with Crippen LogP contribution < -0.4 is 11.3 Å². The fourth-order valence-corrected chi connectivity index (χ4v) is 1.14. The Morgan fingerprint density at radius 1 is 1.69 bits per heavy atom. The quantitative estimate of drug-likeness (QED) is 0.673.